The summed E-state index contributed by atoms with van der Waals surface area (Å²) in [6, 6.07) is 0. The molecule has 0 N–H and O–H groups in total. The molecule has 1 aromatic rings. The number of aryl methyl sites for hydroxylation is 2. The van der Waals surface area contributed by atoms with E-state index in [2.05, 4.69) is 4.98 Å². The topological polar surface area (TPSA) is 72.3 Å². The molecular weight excluding hydrogens is 254 g/mol. The Morgan fingerprint density at radius 2 is 2.17 bits per heavy atom. The van der Waals surface area contributed by atoms with Crippen LogP contribution >= 0.6 is 0 Å². The maximum atomic E-state index is 12.3. The van der Waals surface area contributed by atoms with Crippen molar-refractivity contribution in [3.8, 4) is 0 Å². The van der Waals surface area contributed by atoms with Gasteiger partial charge in [0.05, 0.1) is 6.54 Å². The molecule has 0 bridgehead atoms. The Kier molecular flexibility index (Phi) is 3.54. The van der Waals surface area contributed by atoms with Gasteiger partial charge in [0, 0.05) is 25.7 Å². The lowest BCUT2D eigenvalue weighted by Crippen LogP contribution is -2.40. The molecule has 18 heavy (non-hydrogen) atoms. The molecule has 0 aliphatic carbocycles. The number of aromatic nitrogens is 2. The van der Waals surface area contributed by atoms with Crippen LogP contribution in [0.25, 0.3) is 0 Å². The second-order valence-electron chi connectivity index (χ2n) is 4.39. The Hall–Kier alpha value is -1.21. The van der Waals surface area contributed by atoms with E-state index in [1.165, 1.54) is 10.5 Å². The van der Waals surface area contributed by atoms with E-state index in [-0.39, 0.29) is 17.4 Å². The van der Waals surface area contributed by atoms with E-state index < -0.39 is 10.0 Å². The summed E-state index contributed by atoms with van der Waals surface area (Å²) in [5, 5.41) is 0.0385. The first kappa shape index (κ1) is 13.2. The van der Waals surface area contributed by atoms with E-state index in [1.54, 1.807) is 11.5 Å². The van der Waals surface area contributed by atoms with Crippen molar-refractivity contribution in [1.82, 2.24) is 13.9 Å². The number of hydrogen-bond acceptors (Lipinski definition) is 4. The monoisotopic (exact) mass is 271 g/mol. The van der Waals surface area contributed by atoms with Crippen molar-refractivity contribution in [1.29, 1.82) is 0 Å². The van der Waals surface area contributed by atoms with Crippen LogP contribution in [-0.2, 0) is 21.4 Å². The molecule has 2 rings (SSSR count). The van der Waals surface area contributed by atoms with E-state index >= 15 is 0 Å². The number of imidazole rings is 1. The molecule has 6 nitrogen and oxygen atoms in total. The van der Waals surface area contributed by atoms with Crippen LogP contribution in [0.4, 0.5) is 0 Å². The summed E-state index contributed by atoms with van der Waals surface area (Å²) >= 11 is 0. The quantitative estimate of drug-likeness (QED) is 0.805. The van der Waals surface area contributed by atoms with Gasteiger partial charge in [-0.05, 0) is 20.3 Å². The first-order chi connectivity index (χ1) is 8.45. The van der Waals surface area contributed by atoms with Gasteiger partial charge in [-0.1, -0.05) is 0 Å². The molecule has 2 heterocycles. The summed E-state index contributed by atoms with van der Waals surface area (Å²) < 4.78 is 27.6. The Labute approximate surface area is 107 Å². The fourth-order valence-corrected chi connectivity index (χ4v) is 3.52. The number of Topliss-reactive ketones (excluding diaryl/α,β-unsaturated/α-hetero) is 1. The highest BCUT2D eigenvalue weighted by molar-refractivity contribution is 7.89. The molecule has 0 radical (unpaired) electrons. The highest BCUT2D eigenvalue weighted by Crippen LogP contribution is 2.18. The average molecular weight is 271 g/mol. The van der Waals surface area contributed by atoms with E-state index in [1.807, 2.05) is 6.92 Å². The number of rotatable bonds is 3. The van der Waals surface area contributed by atoms with Crippen LogP contribution in [0.15, 0.2) is 11.2 Å². The predicted molar refractivity (Wildman–Crippen MR) is 65.6 cm³/mol. The van der Waals surface area contributed by atoms with Crippen LogP contribution in [0.1, 0.15) is 25.6 Å². The van der Waals surface area contributed by atoms with Gasteiger partial charge in [-0.3, -0.25) is 4.79 Å². The summed E-state index contributed by atoms with van der Waals surface area (Å²) in [5.74, 6) is 0.635. The number of piperidine rings is 1. The summed E-state index contributed by atoms with van der Waals surface area (Å²) in [4.78, 5) is 15.4. The zero-order valence-corrected chi connectivity index (χ0v) is 11.4. The fraction of sp³-hybridized carbons (Fsp3) is 0.636. The molecule has 0 unspecified atom stereocenters. The number of sulfonamides is 1. The third kappa shape index (κ3) is 2.32. The van der Waals surface area contributed by atoms with Crippen molar-refractivity contribution in [2.45, 2.75) is 38.3 Å². The SMILES string of the molecule is CCn1cc(S(=O)(=O)N2CCCC(=O)C2)nc1C. The van der Waals surface area contributed by atoms with Gasteiger partial charge in [-0.2, -0.15) is 4.31 Å². The first-order valence-electron chi connectivity index (χ1n) is 6.00. The largest absolute Gasteiger partial charge is 0.334 e. The van der Waals surface area contributed by atoms with Crippen molar-refractivity contribution < 1.29 is 13.2 Å². The Morgan fingerprint density at radius 1 is 1.44 bits per heavy atom. The smallest absolute Gasteiger partial charge is 0.262 e. The minimum atomic E-state index is -3.63. The number of carbonyl (C=O) groups excluding carboxylic acids is 1. The molecule has 0 aromatic carbocycles. The summed E-state index contributed by atoms with van der Waals surface area (Å²) in [7, 11) is -3.63. The van der Waals surface area contributed by atoms with Crippen LogP contribution in [-0.4, -0.2) is 41.1 Å². The predicted octanol–water partition coefficient (Wildman–Crippen LogP) is 0.565. The van der Waals surface area contributed by atoms with Crippen LogP contribution < -0.4 is 0 Å². The molecule has 100 valence electrons. The standard InChI is InChI=1S/C11H17N3O3S/c1-3-13-8-11(12-9(13)2)18(16,17)14-6-4-5-10(15)7-14/h8H,3-7H2,1-2H3. The van der Waals surface area contributed by atoms with Crippen molar-refractivity contribution >= 4 is 15.8 Å². The number of nitrogens with zero attached hydrogens (tertiary/aromatic N) is 3. The number of carbonyl (C=O) groups is 1. The molecule has 0 amide bonds. The van der Waals surface area contributed by atoms with Gasteiger partial charge in [0.1, 0.15) is 11.6 Å². The lowest BCUT2D eigenvalue weighted by molar-refractivity contribution is -0.120. The summed E-state index contributed by atoms with van der Waals surface area (Å²) in [5.41, 5.74) is 0. The molecular formula is C11H17N3O3S. The van der Waals surface area contributed by atoms with E-state index in [0.717, 1.165) is 0 Å². The molecule has 0 atom stereocenters. The fourth-order valence-electron chi connectivity index (χ4n) is 2.07. The van der Waals surface area contributed by atoms with Gasteiger partial charge in [0.15, 0.2) is 5.03 Å². The maximum absolute atomic E-state index is 12.3. The van der Waals surface area contributed by atoms with Crippen LogP contribution in [0, 0.1) is 6.92 Å². The zero-order chi connectivity index (χ0) is 13.3. The van der Waals surface area contributed by atoms with Gasteiger partial charge in [-0.15, -0.1) is 0 Å². The van der Waals surface area contributed by atoms with Crippen molar-refractivity contribution in [3.05, 3.63) is 12.0 Å². The zero-order valence-electron chi connectivity index (χ0n) is 10.6. The van der Waals surface area contributed by atoms with Crippen molar-refractivity contribution in [2.75, 3.05) is 13.1 Å². The molecule has 1 aromatic heterocycles. The second-order valence-corrected chi connectivity index (χ2v) is 6.28. The van der Waals surface area contributed by atoms with E-state index in [9.17, 15) is 13.2 Å². The van der Waals surface area contributed by atoms with Crippen molar-refractivity contribution in [2.24, 2.45) is 0 Å². The molecule has 7 heteroatoms. The second kappa shape index (κ2) is 4.81. The summed E-state index contributed by atoms with van der Waals surface area (Å²) in [6.45, 7) is 4.74. The Bertz CT molecular complexity index is 562. The first-order valence-corrected chi connectivity index (χ1v) is 7.44. The van der Waals surface area contributed by atoms with Gasteiger partial charge in [0.2, 0.25) is 0 Å². The average Bonchev–Trinajstić information content (AvgIpc) is 2.71. The van der Waals surface area contributed by atoms with Gasteiger partial charge in [-0.25, -0.2) is 13.4 Å². The minimum Gasteiger partial charge on any atom is -0.334 e. The maximum Gasteiger partial charge on any atom is 0.262 e. The third-order valence-electron chi connectivity index (χ3n) is 3.11. The molecule has 0 saturated carbocycles. The minimum absolute atomic E-state index is 0.0274. The van der Waals surface area contributed by atoms with Crippen molar-refractivity contribution in [3.63, 3.8) is 0 Å². The highest BCUT2D eigenvalue weighted by Gasteiger charge is 2.31. The number of ketones is 1. The molecule has 1 aliphatic heterocycles. The third-order valence-corrected chi connectivity index (χ3v) is 4.83. The molecule has 1 saturated heterocycles. The normalized spacial score (nSPS) is 18.2. The summed E-state index contributed by atoms with van der Waals surface area (Å²) in [6.07, 6.45) is 2.59. The van der Waals surface area contributed by atoms with E-state index in [4.69, 9.17) is 0 Å². The van der Waals surface area contributed by atoms with Crippen LogP contribution in [0.3, 0.4) is 0 Å². The van der Waals surface area contributed by atoms with E-state index in [0.29, 0.717) is 31.8 Å². The van der Waals surface area contributed by atoms with Gasteiger partial charge >= 0.3 is 0 Å². The molecule has 1 fully saturated rings. The lowest BCUT2D eigenvalue weighted by atomic mass is 10.1. The Balaban J connectivity index is 2.32. The molecule has 0 spiro atoms. The van der Waals surface area contributed by atoms with Crippen LogP contribution in [0.2, 0.25) is 0 Å². The lowest BCUT2D eigenvalue weighted by Gasteiger charge is -2.23. The van der Waals surface area contributed by atoms with Gasteiger partial charge < -0.3 is 4.57 Å². The number of hydrogen-bond donors (Lipinski definition) is 0. The highest BCUT2D eigenvalue weighted by atomic mass is 32.2. The Morgan fingerprint density at radius 3 is 2.72 bits per heavy atom. The molecule has 1 aliphatic rings. The van der Waals surface area contributed by atoms with Gasteiger partial charge in [0.25, 0.3) is 10.0 Å². The van der Waals surface area contributed by atoms with Crippen LogP contribution in [0.5, 0.6) is 0 Å².